The molecule has 0 radical (unpaired) electrons. The molecular formula is C23H27ClN2O4. The molecule has 0 saturated carbocycles. The summed E-state index contributed by atoms with van der Waals surface area (Å²) in [5.74, 6) is 0.362. The second kappa shape index (κ2) is 10.3. The van der Waals surface area contributed by atoms with Crippen LogP contribution < -0.4 is 19.7 Å². The predicted molar refractivity (Wildman–Crippen MR) is 117 cm³/mol. The molecular weight excluding hydrogens is 404 g/mol. The Bertz CT molecular complexity index is 885. The Morgan fingerprint density at radius 2 is 1.80 bits per heavy atom. The molecule has 1 N–H and O–H groups in total. The zero-order chi connectivity index (χ0) is 21.5. The second-order valence-electron chi connectivity index (χ2n) is 7.00. The molecule has 0 bridgehead atoms. The van der Waals surface area contributed by atoms with Gasteiger partial charge in [-0.2, -0.15) is 0 Å². The Hall–Kier alpha value is -2.73. The summed E-state index contributed by atoms with van der Waals surface area (Å²) in [6.45, 7) is 5.94. The van der Waals surface area contributed by atoms with Crippen molar-refractivity contribution in [1.29, 1.82) is 0 Å². The number of hydrogen-bond donors (Lipinski definition) is 1. The number of carbonyl (C=O) groups excluding carboxylic acids is 2. The van der Waals surface area contributed by atoms with Crippen LogP contribution in [0, 0.1) is 5.92 Å². The fraction of sp³-hybridized carbons (Fsp3) is 0.391. The van der Waals surface area contributed by atoms with Gasteiger partial charge in [0.2, 0.25) is 11.8 Å². The van der Waals surface area contributed by atoms with Gasteiger partial charge in [-0.05, 0) is 68.7 Å². The van der Waals surface area contributed by atoms with Crippen molar-refractivity contribution in [2.75, 3.05) is 31.2 Å². The number of nitrogens with zero attached hydrogens (tertiary/aromatic N) is 1. The molecule has 0 spiro atoms. The van der Waals surface area contributed by atoms with E-state index in [1.54, 1.807) is 29.2 Å². The predicted octanol–water partition coefficient (Wildman–Crippen LogP) is 3.85. The highest BCUT2D eigenvalue weighted by Gasteiger charge is 2.37. The summed E-state index contributed by atoms with van der Waals surface area (Å²) in [6, 6.07) is 12.9. The molecule has 2 aromatic carbocycles. The van der Waals surface area contributed by atoms with Crippen molar-refractivity contribution in [1.82, 2.24) is 5.32 Å². The number of nitrogens with one attached hydrogen (secondary N) is 1. The van der Waals surface area contributed by atoms with Crippen LogP contribution in [0.15, 0.2) is 42.5 Å². The minimum Gasteiger partial charge on any atom is -0.490 e. The molecule has 30 heavy (non-hydrogen) atoms. The largest absolute Gasteiger partial charge is 0.490 e. The summed E-state index contributed by atoms with van der Waals surface area (Å²) in [5.41, 5.74) is 1.79. The molecule has 1 aliphatic rings. The molecule has 2 aromatic rings. The average molecular weight is 431 g/mol. The quantitative estimate of drug-likeness (QED) is 0.613. The Balaban J connectivity index is 1.54. The van der Waals surface area contributed by atoms with Crippen molar-refractivity contribution < 1.29 is 19.1 Å². The van der Waals surface area contributed by atoms with Crippen LogP contribution in [-0.4, -0.2) is 38.1 Å². The van der Waals surface area contributed by atoms with Crippen molar-refractivity contribution in [3.05, 3.63) is 53.1 Å². The van der Waals surface area contributed by atoms with Crippen molar-refractivity contribution in [3.8, 4) is 11.5 Å². The number of hydrogen-bond acceptors (Lipinski definition) is 4. The number of carbonyl (C=O) groups is 2. The van der Waals surface area contributed by atoms with E-state index in [-0.39, 0.29) is 11.8 Å². The van der Waals surface area contributed by atoms with Gasteiger partial charge in [-0.1, -0.05) is 17.7 Å². The Morgan fingerprint density at radius 1 is 1.10 bits per heavy atom. The van der Waals surface area contributed by atoms with Crippen molar-refractivity contribution in [2.45, 2.75) is 26.7 Å². The van der Waals surface area contributed by atoms with Crippen LogP contribution in [0.2, 0.25) is 5.02 Å². The normalized spacial score (nSPS) is 15.9. The fourth-order valence-electron chi connectivity index (χ4n) is 3.50. The van der Waals surface area contributed by atoms with Gasteiger partial charge in [-0.3, -0.25) is 9.59 Å². The van der Waals surface area contributed by atoms with Crippen LogP contribution in [0.1, 0.15) is 25.8 Å². The summed E-state index contributed by atoms with van der Waals surface area (Å²) in [4.78, 5) is 26.9. The number of rotatable bonds is 9. The standard InChI is InChI=1S/C23H27ClN2O4/c1-3-29-20-10-5-16(15-21(20)30-4-2)11-13-25-22(27)19-12-14-26(23(19)28)18-8-6-17(24)7-9-18/h5-10,15,19H,3-4,11-14H2,1-2H3,(H,25,27). The van der Waals surface area contributed by atoms with Gasteiger partial charge in [0.25, 0.3) is 0 Å². The second-order valence-corrected chi connectivity index (χ2v) is 7.43. The van der Waals surface area contributed by atoms with Gasteiger partial charge in [0.05, 0.1) is 13.2 Å². The molecule has 1 aliphatic heterocycles. The summed E-state index contributed by atoms with van der Waals surface area (Å²) in [7, 11) is 0. The number of halogens is 1. The molecule has 160 valence electrons. The van der Waals surface area contributed by atoms with Crippen LogP contribution in [0.25, 0.3) is 0 Å². The number of anilines is 1. The van der Waals surface area contributed by atoms with E-state index in [9.17, 15) is 9.59 Å². The van der Waals surface area contributed by atoms with Crippen LogP contribution in [-0.2, 0) is 16.0 Å². The van der Waals surface area contributed by atoms with E-state index in [0.717, 1.165) is 11.3 Å². The van der Waals surface area contributed by atoms with Crippen molar-refractivity contribution in [2.24, 2.45) is 5.92 Å². The first-order chi connectivity index (χ1) is 14.5. The highest BCUT2D eigenvalue weighted by molar-refractivity contribution is 6.30. The molecule has 6 nitrogen and oxygen atoms in total. The minimum atomic E-state index is -0.653. The summed E-state index contributed by atoms with van der Waals surface area (Å²) < 4.78 is 11.2. The van der Waals surface area contributed by atoms with Gasteiger partial charge >= 0.3 is 0 Å². The van der Waals surface area contributed by atoms with Gasteiger partial charge in [0.1, 0.15) is 5.92 Å². The summed E-state index contributed by atoms with van der Waals surface area (Å²) in [6.07, 6.45) is 1.14. The zero-order valence-corrected chi connectivity index (χ0v) is 18.1. The lowest BCUT2D eigenvalue weighted by molar-refractivity contribution is -0.132. The maximum atomic E-state index is 12.7. The molecule has 2 amide bonds. The van der Waals surface area contributed by atoms with Crippen LogP contribution in [0.4, 0.5) is 5.69 Å². The molecule has 1 fully saturated rings. The monoisotopic (exact) mass is 430 g/mol. The average Bonchev–Trinajstić information content (AvgIpc) is 3.12. The molecule has 1 atom stereocenters. The Labute approximate surface area is 182 Å². The number of ether oxygens (including phenoxy) is 2. The van der Waals surface area contributed by atoms with Gasteiger partial charge in [-0.25, -0.2) is 0 Å². The van der Waals surface area contributed by atoms with Gasteiger partial charge in [-0.15, -0.1) is 0 Å². The first-order valence-corrected chi connectivity index (χ1v) is 10.6. The van der Waals surface area contributed by atoms with E-state index in [1.165, 1.54) is 0 Å². The van der Waals surface area contributed by atoms with E-state index in [0.29, 0.717) is 55.7 Å². The zero-order valence-electron chi connectivity index (χ0n) is 17.3. The summed E-state index contributed by atoms with van der Waals surface area (Å²) >= 11 is 5.91. The maximum Gasteiger partial charge on any atom is 0.239 e. The van der Waals surface area contributed by atoms with Gasteiger partial charge < -0.3 is 19.7 Å². The van der Waals surface area contributed by atoms with Gasteiger partial charge in [0, 0.05) is 23.8 Å². The third-order valence-electron chi connectivity index (χ3n) is 4.98. The first kappa shape index (κ1) is 22.0. The highest BCUT2D eigenvalue weighted by atomic mass is 35.5. The van der Waals surface area contributed by atoms with E-state index >= 15 is 0 Å². The fourth-order valence-corrected chi connectivity index (χ4v) is 3.63. The molecule has 3 rings (SSSR count). The Morgan fingerprint density at radius 3 is 2.50 bits per heavy atom. The lowest BCUT2D eigenvalue weighted by atomic mass is 10.1. The van der Waals surface area contributed by atoms with E-state index in [1.807, 2.05) is 32.0 Å². The molecule has 1 saturated heterocycles. The molecule has 1 unspecified atom stereocenters. The first-order valence-electron chi connectivity index (χ1n) is 10.3. The van der Waals surface area contributed by atoms with Crippen molar-refractivity contribution in [3.63, 3.8) is 0 Å². The SMILES string of the molecule is CCOc1ccc(CCNC(=O)C2CCN(c3ccc(Cl)cc3)C2=O)cc1OCC. The number of amides is 2. The van der Waals surface area contributed by atoms with E-state index in [2.05, 4.69) is 5.32 Å². The highest BCUT2D eigenvalue weighted by Crippen LogP contribution is 2.29. The lowest BCUT2D eigenvalue weighted by Gasteiger charge is -2.17. The molecule has 1 heterocycles. The van der Waals surface area contributed by atoms with E-state index in [4.69, 9.17) is 21.1 Å². The minimum absolute atomic E-state index is 0.172. The molecule has 7 heteroatoms. The van der Waals surface area contributed by atoms with Crippen LogP contribution in [0.3, 0.4) is 0 Å². The lowest BCUT2D eigenvalue weighted by Crippen LogP contribution is -2.37. The van der Waals surface area contributed by atoms with Gasteiger partial charge in [0.15, 0.2) is 11.5 Å². The smallest absolute Gasteiger partial charge is 0.239 e. The van der Waals surface area contributed by atoms with E-state index < -0.39 is 5.92 Å². The number of benzene rings is 2. The molecule has 0 aromatic heterocycles. The summed E-state index contributed by atoms with van der Waals surface area (Å²) in [5, 5.41) is 3.51. The van der Waals surface area contributed by atoms with Crippen molar-refractivity contribution >= 4 is 29.1 Å². The maximum absolute atomic E-state index is 12.7. The van der Waals surface area contributed by atoms with Crippen LogP contribution in [0.5, 0.6) is 11.5 Å². The Kier molecular flexibility index (Phi) is 7.57. The third-order valence-corrected chi connectivity index (χ3v) is 5.23. The third kappa shape index (κ3) is 5.25. The topological polar surface area (TPSA) is 67.9 Å². The van der Waals surface area contributed by atoms with Crippen LogP contribution >= 0.6 is 11.6 Å². The molecule has 0 aliphatic carbocycles.